The molecule has 13 unspecified atom stereocenters. The van der Waals surface area contributed by atoms with Crippen molar-refractivity contribution in [3.8, 4) is 0 Å². The number of carbonyl (C=O) groups is 15. The van der Waals surface area contributed by atoms with Gasteiger partial charge in [0.15, 0.2) is 61.8 Å². The van der Waals surface area contributed by atoms with Gasteiger partial charge in [-0.2, -0.15) is 0 Å². The molecule has 0 aliphatic carbocycles. The number of methoxy groups -OCH3 is 8. The van der Waals surface area contributed by atoms with E-state index in [1.807, 2.05) is 0 Å². The van der Waals surface area contributed by atoms with Crippen LogP contribution in [0, 0.1) is 0 Å². The molecule has 0 aromatic carbocycles. The third-order valence-corrected chi connectivity index (χ3v) is 11.3. The first kappa shape index (κ1) is 114. The Balaban J connectivity index is -0.000000185. The van der Waals surface area contributed by atoms with Crippen molar-refractivity contribution in [2.45, 2.75) is 233 Å². The summed E-state index contributed by atoms with van der Waals surface area (Å²) in [6, 6.07) is 0. The van der Waals surface area contributed by atoms with Crippen molar-refractivity contribution in [2.24, 2.45) is 0 Å². The van der Waals surface area contributed by atoms with Crippen LogP contribution in [0.3, 0.4) is 0 Å². The van der Waals surface area contributed by atoms with Crippen LogP contribution in [0.15, 0.2) is 0 Å². The van der Waals surface area contributed by atoms with Gasteiger partial charge < -0.3 is 121 Å². The first-order chi connectivity index (χ1) is 48.8. The summed E-state index contributed by atoms with van der Waals surface area (Å²) in [5, 5.41) is 50.6. The monoisotopic (exact) mass is 1570 g/mol. The van der Waals surface area contributed by atoms with E-state index >= 15 is 0 Å². The van der Waals surface area contributed by atoms with E-state index in [9.17, 15) is 71.9 Å². The quantitative estimate of drug-likeness (QED) is 0.0129. The van der Waals surface area contributed by atoms with E-state index in [2.05, 4.69) is 14.2 Å². The van der Waals surface area contributed by atoms with E-state index in [1.165, 1.54) is 133 Å². The molecule has 0 radical (unpaired) electrons. The molecule has 1 heterocycles. The number of cyclic esters (lactones) is 2. The van der Waals surface area contributed by atoms with Crippen LogP contribution in [0.1, 0.15) is 129 Å². The van der Waals surface area contributed by atoms with Gasteiger partial charge in [0.1, 0.15) is 42.7 Å². The fourth-order valence-electron chi connectivity index (χ4n) is 5.99. The van der Waals surface area contributed by atoms with Crippen molar-refractivity contribution in [1.29, 1.82) is 0 Å². The van der Waals surface area contributed by atoms with E-state index in [1.54, 1.807) is 13.8 Å². The maximum atomic E-state index is 11.9. The minimum absolute atomic E-state index is 0.263. The molecule has 0 saturated carbocycles. The number of aliphatic carboxylic acids is 3. The third-order valence-electron chi connectivity index (χ3n) is 11.3. The molecule has 0 bridgehead atoms. The fraction of sp³-hybridized carbons (Fsp3) is 0.746. The van der Waals surface area contributed by atoms with Crippen molar-refractivity contribution in [1.82, 2.24) is 0 Å². The van der Waals surface area contributed by atoms with Crippen LogP contribution in [0.4, 0.5) is 0 Å². The Morgan fingerprint density at radius 3 is 0.619 bits per heavy atom. The maximum absolute atomic E-state index is 11.9. The predicted molar refractivity (Wildman–Crippen MR) is 343 cm³/mol. The molecule has 43 nitrogen and oxygen atoms in total. The zero-order valence-electron chi connectivity index (χ0n) is 62.5. The van der Waals surface area contributed by atoms with Crippen LogP contribution in [-0.4, -0.2) is 347 Å². The second-order valence-electron chi connectivity index (χ2n) is 20.0. The first-order valence-electron chi connectivity index (χ1n) is 30.4. The summed E-state index contributed by atoms with van der Waals surface area (Å²) in [4.78, 5) is 165. The molecule has 105 heavy (non-hydrogen) atoms. The van der Waals surface area contributed by atoms with Crippen LogP contribution < -0.4 is 0 Å². The molecule has 46 heteroatoms. The molecule has 1 rings (SSSR count). The Kier molecular flexibility index (Phi) is 75.4. The summed E-state index contributed by atoms with van der Waals surface area (Å²) < 4.78 is 117. The molecule has 0 spiro atoms. The molecule has 0 aromatic rings. The zero-order chi connectivity index (χ0) is 84.2. The van der Waals surface area contributed by atoms with Gasteiger partial charge in [-0.1, -0.05) is 0 Å². The van der Waals surface area contributed by atoms with Gasteiger partial charge in [-0.15, -0.1) is 0 Å². The third kappa shape index (κ3) is 61.2. The summed E-state index contributed by atoms with van der Waals surface area (Å²) in [6.07, 6.45) is -17.9. The number of ether oxygens (including phenoxy) is 19. The summed E-state index contributed by atoms with van der Waals surface area (Å²) in [6.45, 7) is 17.7. The summed E-state index contributed by atoms with van der Waals surface area (Å²) in [5.74, 6) is -12.9. The Morgan fingerprint density at radius 2 is 0.476 bits per heavy atom. The molecule has 1 fully saturated rings. The summed E-state index contributed by atoms with van der Waals surface area (Å²) >= 11 is 1.83. The second kappa shape index (κ2) is 69.3. The molecule has 1 saturated heterocycles. The Bertz CT molecular complexity index is 2380. The second-order valence-corrected chi connectivity index (χ2v) is 20.0. The number of esters is 12. The predicted octanol–water partition coefficient (Wildman–Crippen LogP) is -1.97. The summed E-state index contributed by atoms with van der Waals surface area (Å²) in [7, 11) is 11.2. The Labute approximate surface area is 643 Å². The van der Waals surface area contributed by atoms with E-state index in [0.717, 1.165) is 0 Å². The molecule has 1 aliphatic rings. The molecule has 6 N–H and O–H groups in total. The van der Waals surface area contributed by atoms with Crippen LogP contribution >= 0.6 is 0 Å². The Hall–Kier alpha value is -6.49. The Morgan fingerprint density at radius 1 is 0.305 bits per heavy atom. The number of carbonyl (C=O) groups excluding carboxylic acids is 12. The SMILES string of the molecule is CC(O)C(=O)O.COC(OC)C(C)OC(=O)C(C)OC(=O)C(C)O.COC(OC)C(C)OC(=O)C(C)OC(=O)C(C)O.COC(OC)C(C)OC(=O)C(C)OC(=O)C(C)OC(=O)CCC(=O)O.COC(OC)C(C)OC(=O)C(C)OC(=O)C(C)OC(=O)CCC(=O)O.O=C1CCC(=O)O1.[O]=[Mg].[O]=[Mg].[O]=[Mg]. The molecular weight excluding hydrogens is 1470 g/mol. The first-order valence-corrected chi connectivity index (χ1v) is 32.1. The molecule has 13 atom stereocenters. The van der Waals surface area contributed by atoms with E-state index < -0.39 is 207 Å². The van der Waals surface area contributed by atoms with Crippen molar-refractivity contribution in [2.75, 3.05) is 56.9 Å². The average molecular weight is 1570 g/mol. The van der Waals surface area contributed by atoms with E-state index in [0.29, 0.717) is 65.1 Å². The van der Waals surface area contributed by atoms with E-state index in [-0.39, 0.29) is 25.7 Å². The van der Waals surface area contributed by atoms with Crippen LogP contribution in [0.5, 0.6) is 0 Å². The number of hydrogen-bond donors (Lipinski definition) is 6. The van der Waals surface area contributed by atoms with Gasteiger partial charge >= 0.3 is 164 Å². The van der Waals surface area contributed by atoms with Crippen molar-refractivity contribution >= 4 is 155 Å². The van der Waals surface area contributed by atoms with Crippen molar-refractivity contribution in [3.63, 3.8) is 0 Å². The van der Waals surface area contributed by atoms with Gasteiger partial charge in [-0.25, -0.2) is 43.2 Å². The number of aliphatic hydroxyl groups excluding tert-OH is 3. The van der Waals surface area contributed by atoms with Gasteiger partial charge in [0.2, 0.25) is 0 Å². The fourth-order valence-corrected chi connectivity index (χ4v) is 5.99. The number of hydrogen-bond acceptors (Lipinski definition) is 40. The molecule has 0 amide bonds. The van der Waals surface area contributed by atoms with Crippen molar-refractivity contribution in [3.05, 3.63) is 0 Å². The van der Waals surface area contributed by atoms with Gasteiger partial charge in [-0.3, -0.25) is 28.8 Å². The number of carboxylic acids is 3. The number of carboxylic acid groups (broad SMARTS) is 3. The molecular formula is C59H98Mg3O43. The zero-order valence-corrected chi connectivity index (χ0v) is 66.7. The summed E-state index contributed by atoms with van der Waals surface area (Å²) in [5.41, 5.74) is 0. The standard InChI is InChI=1S/2C15H24O10.2C11H20O7.C4H4O3.C3H6O3.3Mg.3O/c2*1-8(23-12(18)7-6-11(16)17)13(19)24-9(2)14(20)25-10(3)15(21-4)22-5;2*1-6(12)9(13)17-7(2)10(14)18-8(3)11(15-4)16-5;5-3-1-2-4(6)7-3;1-2(4)3(5)6;;;;;;/h2*8-10,15H,6-7H2,1-5H3,(H,16,17);2*6-8,11-12H,1-5H3;1-2H2;2,4H,1H3,(H,5,6);;;;;;. The van der Waals surface area contributed by atoms with Crippen molar-refractivity contribution < 1.29 is 202 Å². The van der Waals surface area contributed by atoms with E-state index in [4.69, 9.17) is 116 Å². The van der Waals surface area contributed by atoms with Gasteiger partial charge in [0.05, 0.1) is 38.5 Å². The molecule has 598 valence electrons. The minimum atomic E-state index is -1.29. The van der Waals surface area contributed by atoms with Crippen LogP contribution in [0.25, 0.3) is 0 Å². The number of aliphatic hydroxyl groups is 3. The topological polar surface area (TPSA) is 604 Å². The number of rotatable bonds is 37. The van der Waals surface area contributed by atoms with Crippen LogP contribution in [0.2, 0.25) is 0 Å². The normalized spacial score (nSPS) is 14.6. The van der Waals surface area contributed by atoms with Gasteiger partial charge in [-0.05, 0) is 90.0 Å². The average Bonchev–Trinajstić information content (AvgIpc) is 1.32. The van der Waals surface area contributed by atoms with Gasteiger partial charge in [0.25, 0.3) is 0 Å². The van der Waals surface area contributed by atoms with Crippen LogP contribution in [-0.2, 0) is 171 Å². The molecule has 1 aliphatic heterocycles. The van der Waals surface area contributed by atoms with Gasteiger partial charge in [0, 0.05) is 56.9 Å². The molecule has 0 aromatic heterocycles.